The van der Waals surface area contributed by atoms with Crippen LogP contribution < -0.4 is 10.1 Å². The molecule has 3 aromatic rings. The molecule has 31 heavy (non-hydrogen) atoms. The summed E-state index contributed by atoms with van der Waals surface area (Å²) < 4.78 is 18.6. The lowest BCUT2D eigenvalue weighted by Crippen LogP contribution is -2.40. The van der Waals surface area contributed by atoms with E-state index >= 15 is 0 Å². The lowest BCUT2D eigenvalue weighted by Gasteiger charge is -2.32. The van der Waals surface area contributed by atoms with Crippen LogP contribution in [0.5, 0.6) is 5.75 Å². The van der Waals surface area contributed by atoms with Gasteiger partial charge >= 0.3 is 0 Å². The number of ether oxygens (including phenoxy) is 1. The quantitative estimate of drug-likeness (QED) is 0.587. The number of nitrogens with one attached hydrogen (secondary N) is 1. The largest absolute Gasteiger partial charge is 0.496 e. The summed E-state index contributed by atoms with van der Waals surface area (Å²) in [5.74, 6) is 0.475. The molecule has 1 unspecified atom stereocenters. The summed E-state index contributed by atoms with van der Waals surface area (Å²) in [5, 5.41) is 2.92. The van der Waals surface area contributed by atoms with E-state index in [-0.39, 0.29) is 17.6 Å². The van der Waals surface area contributed by atoms with E-state index in [1.165, 1.54) is 17.7 Å². The summed E-state index contributed by atoms with van der Waals surface area (Å²) in [7, 11) is 1.69. The van der Waals surface area contributed by atoms with E-state index in [0.29, 0.717) is 12.2 Å². The number of anilines is 1. The Balaban J connectivity index is 1.41. The smallest absolute Gasteiger partial charge is 0.228 e. The second kappa shape index (κ2) is 9.75. The zero-order chi connectivity index (χ0) is 21.6. The van der Waals surface area contributed by atoms with E-state index in [4.69, 9.17) is 4.74 Å². The SMILES string of the molecule is COc1ccccc1-c1cccc(CN2CCCC(C(=O)Nc3ccc(F)cc3)C2)c1. The van der Waals surface area contributed by atoms with Crippen molar-refractivity contribution in [2.45, 2.75) is 19.4 Å². The molecule has 0 radical (unpaired) electrons. The maximum Gasteiger partial charge on any atom is 0.228 e. The first-order valence-electron chi connectivity index (χ1n) is 10.6. The van der Waals surface area contributed by atoms with Gasteiger partial charge in [0.15, 0.2) is 0 Å². The molecular formula is C26H27FN2O2. The minimum Gasteiger partial charge on any atom is -0.496 e. The zero-order valence-corrected chi connectivity index (χ0v) is 17.7. The molecule has 1 amide bonds. The molecule has 1 aliphatic heterocycles. The number of methoxy groups -OCH3 is 1. The van der Waals surface area contributed by atoms with Crippen LogP contribution in [0.3, 0.4) is 0 Å². The van der Waals surface area contributed by atoms with Crippen molar-refractivity contribution in [3.05, 3.63) is 84.2 Å². The van der Waals surface area contributed by atoms with E-state index in [0.717, 1.165) is 42.8 Å². The van der Waals surface area contributed by atoms with E-state index in [1.54, 1.807) is 19.2 Å². The number of para-hydroxylation sites is 1. The Bertz CT molecular complexity index is 1040. The summed E-state index contributed by atoms with van der Waals surface area (Å²) in [4.78, 5) is 15.0. The van der Waals surface area contributed by atoms with Gasteiger partial charge in [0, 0.05) is 24.3 Å². The number of carbonyl (C=O) groups is 1. The van der Waals surface area contributed by atoms with Crippen molar-refractivity contribution in [1.82, 2.24) is 4.90 Å². The van der Waals surface area contributed by atoms with Gasteiger partial charge in [0.05, 0.1) is 13.0 Å². The Labute approximate surface area is 182 Å². The van der Waals surface area contributed by atoms with Crippen molar-refractivity contribution in [3.63, 3.8) is 0 Å². The maximum absolute atomic E-state index is 13.1. The van der Waals surface area contributed by atoms with Crippen molar-refractivity contribution in [2.24, 2.45) is 5.92 Å². The number of halogens is 1. The van der Waals surface area contributed by atoms with Crippen LogP contribution in [-0.4, -0.2) is 31.0 Å². The molecule has 0 saturated carbocycles. The summed E-state index contributed by atoms with van der Waals surface area (Å²) in [6, 6.07) is 22.4. The Morgan fingerprint density at radius 2 is 1.90 bits per heavy atom. The summed E-state index contributed by atoms with van der Waals surface area (Å²) >= 11 is 0. The molecule has 1 saturated heterocycles. The van der Waals surface area contributed by atoms with Crippen LogP contribution in [0.2, 0.25) is 0 Å². The molecule has 3 aromatic carbocycles. The second-order valence-corrected chi connectivity index (χ2v) is 7.97. The van der Waals surface area contributed by atoms with Crippen molar-refractivity contribution >= 4 is 11.6 Å². The highest BCUT2D eigenvalue weighted by atomic mass is 19.1. The number of carbonyl (C=O) groups excluding carboxylic acids is 1. The monoisotopic (exact) mass is 418 g/mol. The van der Waals surface area contributed by atoms with Crippen LogP contribution >= 0.6 is 0 Å². The number of hydrogen-bond donors (Lipinski definition) is 1. The van der Waals surface area contributed by atoms with Crippen LogP contribution in [0.15, 0.2) is 72.8 Å². The average molecular weight is 419 g/mol. The van der Waals surface area contributed by atoms with Gasteiger partial charge < -0.3 is 10.1 Å². The highest BCUT2D eigenvalue weighted by molar-refractivity contribution is 5.92. The number of amides is 1. The molecule has 5 heteroatoms. The Morgan fingerprint density at radius 1 is 1.10 bits per heavy atom. The maximum atomic E-state index is 13.1. The number of likely N-dealkylation sites (tertiary alicyclic amines) is 1. The van der Waals surface area contributed by atoms with Gasteiger partial charge in [-0.1, -0.05) is 36.4 Å². The first-order chi connectivity index (χ1) is 15.1. The van der Waals surface area contributed by atoms with Crippen LogP contribution in [-0.2, 0) is 11.3 Å². The number of piperidine rings is 1. The molecule has 1 N–H and O–H groups in total. The average Bonchev–Trinajstić information content (AvgIpc) is 2.81. The molecule has 0 bridgehead atoms. The van der Waals surface area contributed by atoms with E-state index in [1.807, 2.05) is 18.2 Å². The van der Waals surface area contributed by atoms with Gasteiger partial charge in [-0.05, 0) is 66.9 Å². The highest BCUT2D eigenvalue weighted by Crippen LogP contribution is 2.30. The number of hydrogen-bond acceptors (Lipinski definition) is 3. The van der Waals surface area contributed by atoms with Gasteiger partial charge in [-0.25, -0.2) is 4.39 Å². The van der Waals surface area contributed by atoms with Crippen LogP contribution in [0.4, 0.5) is 10.1 Å². The molecule has 0 aromatic heterocycles. The van der Waals surface area contributed by atoms with E-state index in [9.17, 15) is 9.18 Å². The first kappa shape index (κ1) is 21.1. The molecule has 1 aliphatic rings. The first-order valence-corrected chi connectivity index (χ1v) is 10.6. The van der Waals surface area contributed by atoms with Gasteiger partial charge in [-0.2, -0.15) is 0 Å². The van der Waals surface area contributed by atoms with Crippen molar-refractivity contribution < 1.29 is 13.9 Å². The molecular weight excluding hydrogens is 391 g/mol. The van der Waals surface area contributed by atoms with Gasteiger partial charge in [0.25, 0.3) is 0 Å². The summed E-state index contributed by atoms with van der Waals surface area (Å²) in [6.45, 7) is 2.48. The number of rotatable bonds is 6. The Kier molecular flexibility index (Phi) is 6.63. The summed E-state index contributed by atoms with van der Waals surface area (Å²) in [6.07, 6.45) is 1.85. The Morgan fingerprint density at radius 3 is 2.71 bits per heavy atom. The van der Waals surface area contributed by atoms with E-state index < -0.39 is 0 Å². The molecule has 160 valence electrons. The predicted octanol–water partition coefficient (Wildman–Crippen LogP) is 5.35. The topological polar surface area (TPSA) is 41.6 Å². The van der Waals surface area contributed by atoms with Gasteiger partial charge in [0.2, 0.25) is 5.91 Å². The highest BCUT2D eigenvalue weighted by Gasteiger charge is 2.26. The normalized spacial score (nSPS) is 16.6. The minimum atomic E-state index is -0.308. The van der Waals surface area contributed by atoms with Gasteiger partial charge in [-0.3, -0.25) is 9.69 Å². The fourth-order valence-electron chi connectivity index (χ4n) is 4.17. The number of nitrogens with zero attached hydrogens (tertiary/aromatic N) is 1. The molecule has 0 aliphatic carbocycles. The van der Waals surface area contributed by atoms with Crippen LogP contribution in [0.1, 0.15) is 18.4 Å². The third kappa shape index (κ3) is 5.30. The molecule has 4 rings (SSSR count). The molecule has 1 fully saturated rings. The molecule has 4 nitrogen and oxygen atoms in total. The fraction of sp³-hybridized carbons (Fsp3) is 0.269. The van der Waals surface area contributed by atoms with Crippen molar-refractivity contribution in [3.8, 4) is 16.9 Å². The number of benzene rings is 3. The minimum absolute atomic E-state index is 0.000851. The standard InChI is InChI=1S/C26H27FN2O2/c1-31-25-10-3-2-9-24(25)20-7-4-6-19(16-20)17-29-15-5-8-21(18-29)26(30)28-23-13-11-22(27)12-14-23/h2-4,6-7,9-14,16,21H,5,8,15,17-18H2,1H3,(H,28,30). The van der Waals surface area contributed by atoms with E-state index in [2.05, 4.69) is 40.5 Å². The predicted molar refractivity (Wildman–Crippen MR) is 121 cm³/mol. The summed E-state index contributed by atoms with van der Waals surface area (Å²) in [5.41, 5.74) is 4.04. The molecule has 1 heterocycles. The lowest BCUT2D eigenvalue weighted by molar-refractivity contribution is -0.121. The molecule has 1 atom stereocenters. The molecule has 0 spiro atoms. The second-order valence-electron chi connectivity index (χ2n) is 7.97. The van der Waals surface area contributed by atoms with Crippen LogP contribution in [0.25, 0.3) is 11.1 Å². The van der Waals surface area contributed by atoms with Crippen molar-refractivity contribution in [1.29, 1.82) is 0 Å². The Hall–Kier alpha value is -3.18. The van der Waals surface area contributed by atoms with Crippen LogP contribution in [0, 0.1) is 11.7 Å². The third-order valence-corrected chi connectivity index (χ3v) is 5.74. The lowest BCUT2D eigenvalue weighted by atomic mass is 9.96. The zero-order valence-electron chi connectivity index (χ0n) is 17.7. The van der Waals surface area contributed by atoms with Crippen molar-refractivity contribution in [2.75, 3.05) is 25.5 Å². The van der Waals surface area contributed by atoms with Gasteiger partial charge in [0.1, 0.15) is 11.6 Å². The fourth-order valence-corrected chi connectivity index (χ4v) is 4.17. The third-order valence-electron chi connectivity index (χ3n) is 5.74. The van der Waals surface area contributed by atoms with Gasteiger partial charge in [-0.15, -0.1) is 0 Å².